The van der Waals surface area contributed by atoms with E-state index in [1.807, 2.05) is 0 Å². The SMILES string of the molecule is C[C@]12C[C@@H](F)C(=NOCCN)CC1CC[C@@H]1[C@@H]2CC[C@]2(C)C(=O)CC[C@@H]12. The number of halogens is 1. The summed E-state index contributed by atoms with van der Waals surface area (Å²) in [6.07, 6.45) is 6.46. The Morgan fingerprint density at radius 1 is 1.23 bits per heavy atom. The topological polar surface area (TPSA) is 64.7 Å². The minimum Gasteiger partial charge on any atom is -0.394 e. The summed E-state index contributed by atoms with van der Waals surface area (Å²) in [5, 5.41) is 4.07. The van der Waals surface area contributed by atoms with Gasteiger partial charge in [-0.05, 0) is 74.0 Å². The van der Waals surface area contributed by atoms with Crippen molar-refractivity contribution in [1.29, 1.82) is 0 Å². The van der Waals surface area contributed by atoms with E-state index in [4.69, 9.17) is 10.6 Å². The van der Waals surface area contributed by atoms with Gasteiger partial charge in [0.1, 0.15) is 18.6 Å². The zero-order valence-electron chi connectivity index (χ0n) is 16.2. The van der Waals surface area contributed by atoms with Crippen LogP contribution in [0, 0.1) is 34.5 Å². The normalized spacial score (nSPS) is 49.5. The maximum atomic E-state index is 15.0. The van der Waals surface area contributed by atoms with Gasteiger partial charge in [0.2, 0.25) is 0 Å². The molecular weight excluding hydrogens is 331 g/mol. The summed E-state index contributed by atoms with van der Waals surface area (Å²) < 4.78 is 15.0. The van der Waals surface area contributed by atoms with Crippen LogP contribution in [0.4, 0.5) is 4.39 Å². The highest BCUT2D eigenvalue weighted by Gasteiger charge is 2.61. The number of oxime groups is 1. The summed E-state index contributed by atoms with van der Waals surface area (Å²) in [6.45, 7) is 5.27. The quantitative estimate of drug-likeness (QED) is 0.610. The molecule has 1 unspecified atom stereocenters. The van der Waals surface area contributed by atoms with Crippen molar-refractivity contribution in [2.45, 2.75) is 71.4 Å². The molecular formula is C21H33FN2O2. The van der Waals surface area contributed by atoms with E-state index in [2.05, 4.69) is 19.0 Å². The molecule has 0 heterocycles. The molecule has 26 heavy (non-hydrogen) atoms. The molecule has 5 heteroatoms. The van der Waals surface area contributed by atoms with Gasteiger partial charge in [-0.15, -0.1) is 0 Å². The third-order valence-electron chi connectivity index (χ3n) is 8.60. The lowest BCUT2D eigenvalue weighted by atomic mass is 9.45. The lowest BCUT2D eigenvalue weighted by Gasteiger charge is -2.59. The lowest BCUT2D eigenvalue weighted by molar-refractivity contribution is -0.138. The Balaban J connectivity index is 1.55. The van der Waals surface area contributed by atoms with Crippen molar-refractivity contribution >= 4 is 11.5 Å². The van der Waals surface area contributed by atoms with Crippen LogP contribution in [0.5, 0.6) is 0 Å². The standard InChI is InChI=1S/C21H33FN2O2/c1-20-8-7-16-14(15(20)5-6-19(20)25)4-3-13-11-18(24-26-10-9-23)17(22)12-21(13,16)2/h13-17H,3-12,23H2,1-2H3/t13?,14-,15-,16-,17+,20-,21-/m0/s1. The highest BCUT2D eigenvalue weighted by Crippen LogP contribution is 2.65. The summed E-state index contributed by atoms with van der Waals surface area (Å²) in [7, 11) is 0. The minimum absolute atomic E-state index is 0.0299. The zero-order valence-corrected chi connectivity index (χ0v) is 16.2. The molecule has 4 fully saturated rings. The molecule has 0 aromatic heterocycles. The fourth-order valence-corrected chi connectivity index (χ4v) is 7.12. The van der Waals surface area contributed by atoms with Gasteiger partial charge < -0.3 is 10.6 Å². The van der Waals surface area contributed by atoms with Crippen molar-refractivity contribution in [3.63, 3.8) is 0 Å². The van der Waals surface area contributed by atoms with Crippen LogP contribution >= 0.6 is 0 Å². The molecule has 146 valence electrons. The number of fused-ring (bicyclic) bond motifs is 5. The van der Waals surface area contributed by atoms with Crippen molar-refractivity contribution in [2.24, 2.45) is 45.4 Å². The number of carbonyl (C=O) groups is 1. The summed E-state index contributed by atoms with van der Waals surface area (Å²) in [5.41, 5.74) is 5.94. The molecule has 0 aromatic rings. The Kier molecular flexibility index (Phi) is 4.65. The number of ketones is 1. The number of carbonyl (C=O) groups excluding carboxylic acids is 1. The first-order valence-corrected chi connectivity index (χ1v) is 10.5. The molecule has 0 amide bonds. The second-order valence-corrected chi connectivity index (χ2v) is 9.66. The molecule has 4 nitrogen and oxygen atoms in total. The molecule has 0 saturated heterocycles. The Labute approximate surface area is 156 Å². The molecule has 4 aliphatic rings. The van der Waals surface area contributed by atoms with Gasteiger partial charge in [-0.2, -0.15) is 0 Å². The molecule has 0 spiro atoms. The zero-order chi connectivity index (χ0) is 18.5. The number of alkyl halides is 1. The molecule has 4 saturated carbocycles. The molecule has 0 aromatic carbocycles. The van der Waals surface area contributed by atoms with Gasteiger partial charge >= 0.3 is 0 Å². The first kappa shape index (κ1) is 18.4. The van der Waals surface area contributed by atoms with Gasteiger partial charge in [-0.25, -0.2) is 4.39 Å². The van der Waals surface area contributed by atoms with Crippen LogP contribution in [0.25, 0.3) is 0 Å². The number of rotatable bonds is 3. The number of hydrogen-bond donors (Lipinski definition) is 1. The summed E-state index contributed by atoms with van der Waals surface area (Å²) in [4.78, 5) is 17.7. The van der Waals surface area contributed by atoms with E-state index in [0.29, 0.717) is 61.2 Å². The highest BCUT2D eigenvalue weighted by molar-refractivity contribution is 5.89. The fraction of sp³-hybridized carbons (Fsp3) is 0.905. The van der Waals surface area contributed by atoms with Gasteiger partial charge in [0.15, 0.2) is 0 Å². The van der Waals surface area contributed by atoms with Crippen LogP contribution in [-0.4, -0.2) is 30.8 Å². The van der Waals surface area contributed by atoms with Crippen LogP contribution < -0.4 is 5.73 Å². The summed E-state index contributed by atoms with van der Waals surface area (Å²) >= 11 is 0. The van der Waals surface area contributed by atoms with Crippen LogP contribution in [0.2, 0.25) is 0 Å². The average Bonchev–Trinajstić information content (AvgIpc) is 2.91. The number of hydrogen-bond acceptors (Lipinski definition) is 4. The lowest BCUT2D eigenvalue weighted by Crippen LogP contribution is -2.55. The second-order valence-electron chi connectivity index (χ2n) is 9.66. The maximum Gasteiger partial charge on any atom is 0.142 e. The van der Waals surface area contributed by atoms with E-state index in [1.54, 1.807) is 0 Å². The minimum atomic E-state index is -1.01. The van der Waals surface area contributed by atoms with E-state index in [9.17, 15) is 9.18 Å². The van der Waals surface area contributed by atoms with Gasteiger partial charge in [0.05, 0.1) is 5.71 Å². The monoisotopic (exact) mass is 364 g/mol. The largest absolute Gasteiger partial charge is 0.394 e. The van der Waals surface area contributed by atoms with E-state index in [-0.39, 0.29) is 10.8 Å². The van der Waals surface area contributed by atoms with Crippen LogP contribution in [-0.2, 0) is 9.63 Å². The van der Waals surface area contributed by atoms with E-state index < -0.39 is 6.17 Å². The number of nitrogens with zero attached hydrogens (tertiary/aromatic N) is 1. The first-order chi connectivity index (χ1) is 12.4. The van der Waals surface area contributed by atoms with Crippen LogP contribution in [0.15, 0.2) is 5.16 Å². The molecule has 4 rings (SSSR count). The smallest absolute Gasteiger partial charge is 0.142 e. The fourth-order valence-electron chi connectivity index (χ4n) is 7.12. The molecule has 0 bridgehead atoms. The molecule has 7 atom stereocenters. The maximum absolute atomic E-state index is 15.0. The Morgan fingerprint density at radius 2 is 2.04 bits per heavy atom. The molecule has 4 aliphatic carbocycles. The van der Waals surface area contributed by atoms with Gasteiger partial charge in [0.25, 0.3) is 0 Å². The van der Waals surface area contributed by atoms with Crippen molar-refractivity contribution in [2.75, 3.05) is 13.2 Å². The highest BCUT2D eigenvalue weighted by atomic mass is 19.1. The Morgan fingerprint density at radius 3 is 2.81 bits per heavy atom. The number of nitrogens with two attached hydrogens (primary N) is 1. The van der Waals surface area contributed by atoms with Crippen molar-refractivity contribution < 1.29 is 14.0 Å². The van der Waals surface area contributed by atoms with E-state index >= 15 is 0 Å². The van der Waals surface area contributed by atoms with E-state index in [0.717, 1.165) is 32.1 Å². The predicted octanol–water partition coefficient (Wildman–Crippen LogP) is 3.88. The van der Waals surface area contributed by atoms with Crippen molar-refractivity contribution in [3.05, 3.63) is 0 Å². The summed E-state index contributed by atoms with van der Waals surface area (Å²) in [5.74, 6) is 2.63. The van der Waals surface area contributed by atoms with Gasteiger partial charge in [-0.1, -0.05) is 19.0 Å². The van der Waals surface area contributed by atoms with Crippen molar-refractivity contribution in [1.82, 2.24) is 0 Å². The van der Waals surface area contributed by atoms with Gasteiger partial charge in [-0.3, -0.25) is 4.79 Å². The Hall–Kier alpha value is -0.970. The van der Waals surface area contributed by atoms with E-state index in [1.165, 1.54) is 6.42 Å². The first-order valence-electron chi connectivity index (χ1n) is 10.5. The third kappa shape index (κ3) is 2.64. The average molecular weight is 365 g/mol. The third-order valence-corrected chi connectivity index (χ3v) is 8.60. The summed E-state index contributed by atoms with van der Waals surface area (Å²) in [6, 6.07) is 0. The van der Waals surface area contributed by atoms with Crippen LogP contribution in [0.3, 0.4) is 0 Å². The molecule has 2 N–H and O–H groups in total. The molecule has 0 aliphatic heterocycles. The predicted molar refractivity (Wildman–Crippen MR) is 99.5 cm³/mol. The van der Waals surface area contributed by atoms with Crippen LogP contribution in [0.1, 0.15) is 65.2 Å². The molecule has 0 radical (unpaired) electrons. The van der Waals surface area contributed by atoms with Crippen molar-refractivity contribution in [3.8, 4) is 0 Å². The number of Topliss-reactive ketones (excluding diaryl/α,β-unsaturated/α-hetero) is 1. The Bertz CT molecular complexity index is 609. The van der Waals surface area contributed by atoms with Gasteiger partial charge in [0, 0.05) is 18.4 Å². The second kappa shape index (κ2) is 6.57.